The number of esters is 1. The van der Waals surface area contributed by atoms with E-state index in [1.807, 2.05) is 49.4 Å². The summed E-state index contributed by atoms with van der Waals surface area (Å²) in [5.41, 5.74) is 2.88. The number of rotatable bonds is 3. The lowest BCUT2D eigenvalue weighted by Gasteiger charge is -2.11. The van der Waals surface area contributed by atoms with E-state index < -0.39 is 5.97 Å². The number of aryl methyl sites for hydroxylation is 1. The summed E-state index contributed by atoms with van der Waals surface area (Å²) in [7, 11) is 1.34. The first kappa shape index (κ1) is 17.7. The molecule has 2 aromatic carbocycles. The van der Waals surface area contributed by atoms with Crippen molar-refractivity contribution in [3.63, 3.8) is 0 Å². The molecule has 0 fully saturated rings. The number of hydrogen-bond acceptors (Lipinski definition) is 4. The first-order chi connectivity index (χ1) is 12.0. The number of thiophene rings is 1. The van der Waals surface area contributed by atoms with Crippen LogP contribution in [0.15, 0.2) is 42.5 Å². The van der Waals surface area contributed by atoms with Crippen LogP contribution in [0.1, 0.15) is 15.2 Å². The predicted molar refractivity (Wildman–Crippen MR) is 109 cm³/mol. The fourth-order valence-corrected chi connectivity index (χ4v) is 4.08. The van der Waals surface area contributed by atoms with E-state index in [0.29, 0.717) is 15.0 Å². The Kier molecular flexibility index (Phi) is 5.22. The maximum Gasteiger partial charge on any atom is 0.349 e. The van der Waals surface area contributed by atoms with Crippen LogP contribution in [-0.4, -0.2) is 18.2 Å². The van der Waals surface area contributed by atoms with Crippen LogP contribution >= 0.6 is 35.2 Å². The van der Waals surface area contributed by atoms with E-state index in [4.69, 9.17) is 28.6 Å². The third-order valence-electron chi connectivity index (χ3n) is 3.53. The Labute approximate surface area is 159 Å². The van der Waals surface area contributed by atoms with Crippen molar-refractivity contribution >= 4 is 67.7 Å². The highest BCUT2D eigenvalue weighted by Crippen LogP contribution is 2.37. The van der Waals surface area contributed by atoms with Crippen LogP contribution in [0.4, 0.5) is 11.4 Å². The summed E-state index contributed by atoms with van der Waals surface area (Å²) in [4.78, 5) is 12.2. The Morgan fingerprint density at radius 2 is 1.88 bits per heavy atom. The minimum absolute atomic E-state index is 0.400. The van der Waals surface area contributed by atoms with Crippen LogP contribution in [0.5, 0.6) is 0 Å². The van der Waals surface area contributed by atoms with Gasteiger partial charge in [0.25, 0.3) is 0 Å². The third-order valence-corrected chi connectivity index (χ3v) is 5.38. The SMILES string of the molecule is COC(=O)c1sc2cc(NC(=S)Nc3cccc(C)c3)ccc2c1Cl. The first-order valence-electron chi connectivity index (χ1n) is 7.43. The molecule has 128 valence electrons. The van der Waals surface area contributed by atoms with E-state index in [1.165, 1.54) is 18.4 Å². The Bertz CT molecular complexity index is 969. The number of methoxy groups -OCH3 is 1. The maximum absolute atomic E-state index is 11.8. The van der Waals surface area contributed by atoms with Gasteiger partial charge in [-0.15, -0.1) is 11.3 Å². The highest BCUT2D eigenvalue weighted by atomic mass is 35.5. The lowest BCUT2D eigenvalue weighted by atomic mass is 10.2. The summed E-state index contributed by atoms with van der Waals surface area (Å²) in [5.74, 6) is -0.433. The van der Waals surface area contributed by atoms with Crippen LogP contribution in [0.3, 0.4) is 0 Å². The van der Waals surface area contributed by atoms with Gasteiger partial charge in [-0.2, -0.15) is 0 Å². The van der Waals surface area contributed by atoms with E-state index in [-0.39, 0.29) is 0 Å². The normalized spacial score (nSPS) is 10.5. The topological polar surface area (TPSA) is 50.4 Å². The first-order valence-corrected chi connectivity index (χ1v) is 9.03. The van der Waals surface area contributed by atoms with Gasteiger partial charge >= 0.3 is 5.97 Å². The van der Waals surface area contributed by atoms with Crippen LogP contribution in [0, 0.1) is 6.92 Å². The minimum atomic E-state index is -0.433. The van der Waals surface area contributed by atoms with E-state index >= 15 is 0 Å². The quantitative estimate of drug-likeness (QED) is 0.459. The smallest absolute Gasteiger partial charge is 0.349 e. The number of benzene rings is 2. The molecule has 0 aliphatic carbocycles. The standard InChI is InChI=1S/C18H15ClN2O2S2/c1-10-4-3-5-11(8-10)20-18(24)21-12-6-7-13-14(9-12)25-16(15(13)19)17(22)23-2/h3-9H,1-2H3,(H2,20,21,24). The summed E-state index contributed by atoms with van der Waals surface area (Å²) in [6.45, 7) is 2.02. The van der Waals surface area contributed by atoms with Crippen LogP contribution in [0.2, 0.25) is 5.02 Å². The van der Waals surface area contributed by atoms with E-state index in [2.05, 4.69) is 10.6 Å². The Balaban J connectivity index is 1.80. The molecule has 4 nitrogen and oxygen atoms in total. The molecule has 0 unspecified atom stereocenters. The van der Waals surface area contributed by atoms with Gasteiger partial charge < -0.3 is 15.4 Å². The summed E-state index contributed by atoms with van der Waals surface area (Å²) < 4.78 is 5.64. The summed E-state index contributed by atoms with van der Waals surface area (Å²) >= 11 is 12.9. The number of anilines is 2. The molecule has 0 aliphatic rings. The molecule has 0 spiro atoms. The molecule has 25 heavy (non-hydrogen) atoms. The van der Waals surface area contributed by atoms with Gasteiger partial charge in [0.05, 0.1) is 12.1 Å². The second-order valence-corrected chi connectivity index (χ2v) is 7.23. The molecule has 0 saturated carbocycles. The number of nitrogens with one attached hydrogen (secondary N) is 2. The monoisotopic (exact) mass is 390 g/mol. The molecule has 7 heteroatoms. The summed E-state index contributed by atoms with van der Waals surface area (Å²) in [6.07, 6.45) is 0. The number of thiocarbonyl (C=S) groups is 1. The van der Waals surface area contributed by atoms with Crippen LogP contribution in [-0.2, 0) is 4.74 Å². The van der Waals surface area contributed by atoms with Gasteiger partial charge in [-0.25, -0.2) is 4.79 Å². The van der Waals surface area contributed by atoms with Gasteiger partial charge in [0.15, 0.2) is 5.11 Å². The van der Waals surface area contributed by atoms with E-state index in [1.54, 1.807) is 0 Å². The number of carbonyl (C=O) groups is 1. The molecular weight excluding hydrogens is 376 g/mol. The van der Waals surface area contributed by atoms with Gasteiger partial charge in [0, 0.05) is 21.5 Å². The molecule has 0 bridgehead atoms. The molecule has 0 aliphatic heterocycles. The Morgan fingerprint density at radius 3 is 2.56 bits per heavy atom. The zero-order chi connectivity index (χ0) is 18.0. The number of fused-ring (bicyclic) bond motifs is 1. The molecule has 1 heterocycles. The van der Waals surface area contributed by atoms with Gasteiger partial charge in [-0.05, 0) is 55.0 Å². The summed E-state index contributed by atoms with van der Waals surface area (Å²) in [5, 5.41) is 8.01. The molecule has 1 aromatic heterocycles. The second-order valence-electron chi connectivity index (χ2n) is 5.40. The predicted octanol–water partition coefficient (Wildman–Crippen LogP) is 5.46. The number of carbonyl (C=O) groups excluding carboxylic acids is 1. The number of hydrogen-bond donors (Lipinski definition) is 2. The van der Waals surface area contributed by atoms with Crippen molar-refractivity contribution in [2.75, 3.05) is 17.7 Å². The number of halogens is 1. The van der Waals surface area contributed by atoms with Gasteiger partial charge in [0.1, 0.15) is 4.88 Å². The zero-order valence-electron chi connectivity index (χ0n) is 13.6. The fourth-order valence-electron chi connectivity index (χ4n) is 2.38. The largest absolute Gasteiger partial charge is 0.465 e. The van der Waals surface area contributed by atoms with Crippen molar-refractivity contribution in [3.8, 4) is 0 Å². The fraction of sp³-hybridized carbons (Fsp3) is 0.111. The molecule has 2 N–H and O–H groups in total. The van der Waals surface area contributed by atoms with E-state index in [9.17, 15) is 4.79 Å². The van der Waals surface area contributed by atoms with Crippen LogP contribution in [0.25, 0.3) is 10.1 Å². The lowest BCUT2D eigenvalue weighted by Crippen LogP contribution is -2.18. The molecule has 3 aromatic rings. The van der Waals surface area contributed by atoms with E-state index in [0.717, 1.165) is 27.0 Å². The minimum Gasteiger partial charge on any atom is -0.465 e. The third kappa shape index (κ3) is 3.92. The van der Waals surface area contributed by atoms with Gasteiger partial charge in [-0.3, -0.25) is 0 Å². The Morgan fingerprint density at radius 1 is 1.16 bits per heavy atom. The Hall–Kier alpha value is -2.15. The van der Waals surface area contributed by atoms with Crippen molar-refractivity contribution < 1.29 is 9.53 Å². The van der Waals surface area contributed by atoms with Crippen molar-refractivity contribution in [2.45, 2.75) is 6.92 Å². The van der Waals surface area contributed by atoms with Crippen molar-refractivity contribution in [1.82, 2.24) is 0 Å². The van der Waals surface area contributed by atoms with Gasteiger partial charge in [-0.1, -0.05) is 23.7 Å². The molecule has 0 saturated heterocycles. The average molecular weight is 391 g/mol. The van der Waals surface area contributed by atoms with Crippen LogP contribution < -0.4 is 10.6 Å². The number of ether oxygens (including phenoxy) is 1. The lowest BCUT2D eigenvalue weighted by molar-refractivity contribution is 0.0606. The molecule has 0 amide bonds. The van der Waals surface area contributed by atoms with Crippen molar-refractivity contribution in [1.29, 1.82) is 0 Å². The molecular formula is C18H15ClN2O2S2. The second kappa shape index (κ2) is 7.39. The zero-order valence-corrected chi connectivity index (χ0v) is 15.9. The highest BCUT2D eigenvalue weighted by Gasteiger charge is 2.17. The molecule has 0 radical (unpaired) electrons. The van der Waals surface area contributed by atoms with Crippen molar-refractivity contribution in [3.05, 3.63) is 57.9 Å². The van der Waals surface area contributed by atoms with Gasteiger partial charge in [0.2, 0.25) is 0 Å². The maximum atomic E-state index is 11.8. The summed E-state index contributed by atoms with van der Waals surface area (Å²) in [6, 6.07) is 13.6. The average Bonchev–Trinajstić information content (AvgIpc) is 2.90. The molecule has 3 rings (SSSR count). The molecule has 0 atom stereocenters. The highest BCUT2D eigenvalue weighted by molar-refractivity contribution is 7.80. The van der Waals surface area contributed by atoms with Crippen molar-refractivity contribution in [2.24, 2.45) is 0 Å².